The monoisotopic (exact) mass is 276 g/mol. The molecule has 110 valence electrons. The maximum Gasteiger partial charge on any atom is 0.276 e. The Morgan fingerprint density at radius 1 is 1.15 bits per heavy atom. The summed E-state index contributed by atoms with van der Waals surface area (Å²) in [7, 11) is 0. The van der Waals surface area contributed by atoms with Crippen LogP contribution in [-0.2, 0) is 10.5 Å². The van der Waals surface area contributed by atoms with Crippen LogP contribution in [0.5, 0.6) is 0 Å². The highest BCUT2D eigenvalue weighted by Gasteiger charge is 2.49. The summed E-state index contributed by atoms with van der Waals surface area (Å²) < 4.78 is 0. The number of nitrogens with one attached hydrogen (secondary N) is 1. The number of aliphatic hydroxyl groups is 1. The first-order valence-corrected chi connectivity index (χ1v) is 7.53. The van der Waals surface area contributed by atoms with Gasteiger partial charge in [0.2, 0.25) is 5.72 Å². The Balaban J connectivity index is 2.31. The lowest BCUT2D eigenvalue weighted by molar-refractivity contribution is -0.159. The molecule has 0 bridgehead atoms. The summed E-state index contributed by atoms with van der Waals surface area (Å²) in [4.78, 5) is 14.2. The minimum Gasteiger partial charge on any atom is -0.364 e. The van der Waals surface area contributed by atoms with E-state index < -0.39 is 5.72 Å². The number of unbranched alkanes of at least 4 members (excludes halogenated alkanes) is 2. The van der Waals surface area contributed by atoms with Gasteiger partial charge < -0.3 is 10.4 Å². The Morgan fingerprint density at radius 2 is 1.75 bits per heavy atom. The topological polar surface area (TPSA) is 52.6 Å². The second kappa shape index (κ2) is 6.37. The van der Waals surface area contributed by atoms with Gasteiger partial charge in [-0.05, 0) is 18.9 Å². The summed E-state index contributed by atoms with van der Waals surface area (Å²) in [6, 6.07) is 7.40. The number of hydrogen-bond donors (Lipinski definition) is 2. The van der Waals surface area contributed by atoms with Crippen LogP contribution < -0.4 is 5.32 Å². The zero-order valence-corrected chi connectivity index (χ0v) is 12.4. The summed E-state index contributed by atoms with van der Waals surface area (Å²) in [5, 5.41) is 13.8. The first-order chi connectivity index (χ1) is 9.64. The van der Waals surface area contributed by atoms with Crippen LogP contribution in [0.3, 0.4) is 0 Å². The zero-order chi connectivity index (χ0) is 14.6. The van der Waals surface area contributed by atoms with Crippen LogP contribution >= 0.6 is 0 Å². The number of hydrogen-bond acceptors (Lipinski definition) is 3. The van der Waals surface area contributed by atoms with Gasteiger partial charge in [0.15, 0.2) is 0 Å². The van der Waals surface area contributed by atoms with Crippen LogP contribution in [-0.4, -0.2) is 29.0 Å². The highest BCUT2D eigenvalue weighted by molar-refractivity contribution is 6.04. The molecule has 4 heteroatoms. The van der Waals surface area contributed by atoms with Gasteiger partial charge in [-0.1, -0.05) is 44.9 Å². The minimum absolute atomic E-state index is 0.328. The number of para-hydroxylation sites is 1. The van der Waals surface area contributed by atoms with Gasteiger partial charge in [-0.2, -0.15) is 0 Å². The van der Waals surface area contributed by atoms with Gasteiger partial charge in [-0.15, -0.1) is 0 Å². The molecule has 0 aromatic heterocycles. The molecule has 0 saturated carbocycles. The van der Waals surface area contributed by atoms with E-state index in [1.54, 1.807) is 0 Å². The number of nitrogens with zero attached hydrogens (tertiary/aromatic N) is 1. The quantitative estimate of drug-likeness (QED) is 0.753. The van der Waals surface area contributed by atoms with Crippen molar-refractivity contribution in [3.05, 3.63) is 29.8 Å². The first kappa shape index (κ1) is 15.0. The van der Waals surface area contributed by atoms with Crippen molar-refractivity contribution in [2.45, 2.75) is 45.3 Å². The van der Waals surface area contributed by atoms with E-state index in [2.05, 4.69) is 19.2 Å². The molecule has 2 N–H and O–H groups in total. The average molecular weight is 276 g/mol. The Bertz CT molecular complexity index is 467. The fraction of sp³-hybridized carbons (Fsp3) is 0.562. The molecule has 20 heavy (non-hydrogen) atoms. The number of carbonyl (C=O) groups excluding carboxylic acids is 1. The lowest BCUT2D eigenvalue weighted by atomic mass is 10.0. The molecule has 0 unspecified atom stereocenters. The van der Waals surface area contributed by atoms with Crippen molar-refractivity contribution in [3.8, 4) is 0 Å². The van der Waals surface area contributed by atoms with E-state index in [4.69, 9.17) is 0 Å². The van der Waals surface area contributed by atoms with Crippen molar-refractivity contribution in [1.29, 1.82) is 0 Å². The molecule has 1 amide bonds. The SMILES string of the molecule is CCCCN(CCCC)[C@]1(O)C(=O)Nc2ccccc21. The number of rotatable bonds is 7. The molecule has 1 aromatic rings. The molecular weight excluding hydrogens is 252 g/mol. The molecule has 1 aromatic carbocycles. The van der Waals surface area contributed by atoms with Crippen LogP contribution in [0.15, 0.2) is 24.3 Å². The molecular formula is C16H24N2O2. The summed E-state index contributed by atoms with van der Waals surface area (Å²) in [5.74, 6) is -0.328. The number of fused-ring (bicyclic) bond motifs is 1. The van der Waals surface area contributed by atoms with E-state index >= 15 is 0 Å². The number of benzene rings is 1. The van der Waals surface area contributed by atoms with E-state index in [1.807, 2.05) is 29.2 Å². The number of anilines is 1. The van der Waals surface area contributed by atoms with Gasteiger partial charge >= 0.3 is 0 Å². The van der Waals surface area contributed by atoms with E-state index in [1.165, 1.54) is 0 Å². The van der Waals surface area contributed by atoms with Crippen molar-refractivity contribution in [2.24, 2.45) is 0 Å². The fourth-order valence-electron chi connectivity index (χ4n) is 2.68. The summed E-state index contributed by atoms with van der Waals surface area (Å²) in [5.41, 5.74) is -0.115. The largest absolute Gasteiger partial charge is 0.364 e. The van der Waals surface area contributed by atoms with Crippen molar-refractivity contribution < 1.29 is 9.90 Å². The van der Waals surface area contributed by atoms with Crippen molar-refractivity contribution in [2.75, 3.05) is 18.4 Å². The van der Waals surface area contributed by atoms with Crippen molar-refractivity contribution in [3.63, 3.8) is 0 Å². The predicted octanol–water partition coefficient (Wildman–Crippen LogP) is 2.69. The third kappa shape index (κ3) is 2.58. The van der Waals surface area contributed by atoms with Gasteiger partial charge in [-0.3, -0.25) is 9.69 Å². The van der Waals surface area contributed by atoms with Gasteiger partial charge in [0.1, 0.15) is 0 Å². The van der Waals surface area contributed by atoms with Crippen LogP contribution in [0.4, 0.5) is 5.69 Å². The molecule has 1 heterocycles. The fourth-order valence-corrected chi connectivity index (χ4v) is 2.68. The molecule has 1 atom stereocenters. The zero-order valence-electron chi connectivity index (χ0n) is 12.4. The second-order valence-corrected chi connectivity index (χ2v) is 5.37. The van der Waals surface area contributed by atoms with Crippen molar-refractivity contribution >= 4 is 11.6 Å². The van der Waals surface area contributed by atoms with Gasteiger partial charge in [0.05, 0.1) is 0 Å². The van der Waals surface area contributed by atoms with E-state index in [0.29, 0.717) is 5.56 Å². The predicted molar refractivity (Wildman–Crippen MR) is 80.4 cm³/mol. The smallest absolute Gasteiger partial charge is 0.276 e. The Morgan fingerprint density at radius 3 is 2.35 bits per heavy atom. The maximum absolute atomic E-state index is 12.3. The highest BCUT2D eigenvalue weighted by Crippen LogP contribution is 2.38. The second-order valence-electron chi connectivity index (χ2n) is 5.37. The molecule has 4 nitrogen and oxygen atoms in total. The molecule has 0 aliphatic carbocycles. The minimum atomic E-state index is -1.51. The lowest BCUT2D eigenvalue weighted by Crippen LogP contribution is -2.51. The van der Waals surface area contributed by atoms with Gasteiger partial charge in [-0.25, -0.2) is 0 Å². The van der Waals surface area contributed by atoms with Crippen LogP contribution in [0.2, 0.25) is 0 Å². The highest BCUT2D eigenvalue weighted by atomic mass is 16.3. The Labute approximate surface area is 120 Å². The molecule has 0 spiro atoms. The van der Waals surface area contributed by atoms with E-state index in [0.717, 1.165) is 44.5 Å². The Hall–Kier alpha value is -1.39. The molecule has 0 fully saturated rings. The first-order valence-electron chi connectivity index (χ1n) is 7.53. The molecule has 0 saturated heterocycles. The summed E-state index contributed by atoms with van der Waals surface area (Å²) in [6.45, 7) is 5.69. The molecule has 2 rings (SSSR count). The molecule has 0 radical (unpaired) electrons. The summed E-state index contributed by atoms with van der Waals surface area (Å²) >= 11 is 0. The molecule has 1 aliphatic rings. The van der Waals surface area contributed by atoms with E-state index in [9.17, 15) is 9.90 Å². The third-order valence-electron chi connectivity index (χ3n) is 3.89. The van der Waals surface area contributed by atoms with Gasteiger partial charge in [0.25, 0.3) is 5.91 Å². The normalized spacial score (nSPS) is 21.1. The average Bonchev–Trinajstić information content (AvgIpc) is 2.72. The van der Waals surface area contributed by atoms with Crippen LogP contribution in [0.25, 0.3) is 0 Å². The van der Waals surface area contributed by atoms with Gasteiger partial charge in [0, 0.05) is 24.3 Å². The number of amides is 1. The summed E-state index contributed by atoms with van der Waals surface area (Å²) in [6.07, 6.45) is 4.03. The van der Waals surface area contributed by atoms with Crippen LogP contribution in [0, 0.1) is 0 Å². The van der Waals surface area contributed by atoms with Crippen LogP contribution in [0.1, 0.15) is 45.1 Å². The third-order valence-corrected chi connectivity index (χ3v) is 3.89. The molecule has 1 aliphatic heterocycles. The number of carbonyl (C=O) groups is 1. The standard InChI is InChI=1S/C16H24N2O2/c1-3-5-11-18(12-6-4-2)16(20)13-9-7-8-10-14(13)17-15(16)19/h7-10,20H,3-6,11-12H2,1-2H3,(H,17,19)/t16-/m1/s1. The lowest BCUT2D eigenvalue weighted by Gasteiger charge is -2.35. The van der Waals surface area contributed by atoms with Crippen molar-refractivity contribution in [1.82, 2.24) is 4.90 Å². The Kier molecular flexibility index (Phi) is 4.78. The van der Waals surface area contributed by atoms with E-state index in [-0.39, 0.29) is 5.91 Å². The maximum atomic E-state index is 12.3.